The maximum absolute atomic E-state index is 12.9. The minimum absolute atomic E-state index is 0.355. The van der Waals surface area contributed by atoms with E-state index in [1.54, 1.807) is 0 Å². The minimum atomic E-state index is -1.20. The quantitative estimate of drug-likeness (QED) is 0.806. The third kappa shape index (κ3) is 3.30. The normalized spacial score (nSPS) is 14.9. The number of benzene rings is 1. The van der Waals surface area contributed by atoms with Gasteiger partial charge in [0.15, 0.2) is 0 Å². The molecule has 0 bridgehead atoms. The first-order chi connectivity index (χ1) is 7.04. The highest BCUT2D eigenvalue weighted by Gasteiger charge is 2.12. The van der Waals surface area contributed by atoms with Crippen LogP contribution >= 0.6 is 0 Å². The molecule has 0 saturated heterocycles. The SMILES string of the molecule is CCC(C)CS(=O)c1cc(F)ccc1N. The fraction of sp³-hybridized carbons (Fsp3) is 0.455. The van der Waals surface area contributed by atoms with Gasteiger partial charge >= 0.3 is 0 Å². The van der Waals surface area contributed by atoms with Crippen LogP contribution in [0.15, 0.2) is 23.1 Å². The first-order valence-corrected chi connectivity index (χ1v) is 6.30. The molecule has 15 heavy (non-hydrogen) atoms. The lowest BCUT2D eigenvalue weighted by Gasteiger charge is -2.09. The van der Waals surface area contributed by atoms with Crippen LogP contribution < -0.4 is 5.73 Å². The van der Waals surface area contributed by atoms with Crippen molar-refractivity contribution in [3.8, 4) is 0 Å². The van der Waals surface area contributed by atoms with Gasteiger partial charge in [0, 0.05) is 11.4 Å². The monoisotopic (exact) mass is 229 g/mol. The second kappa shape index (κ2) is 5.26. The van der Waals surface area contributed by atoms with Gasteiger partial charge in [-0.1, -0.05) is 20.3 Å². The molecule has 0 aliphatic rings. The molecule has 0 saturated carbocycles. The van der Waals surface area contributed by atoms with Crippen molar-refractivity contribution in [1.29, 1.82) is 0 Å². The summed E-state index contributed by atoms with van der Waals surface area (Å²) >= 11 is 0. The van der Waals surface area contributed by atoms with Gasteiger partial charge in [-0.05, 0) is 24.1 Å². The van der Waals surface area contributed by atoms with Crippen molar-refractivity contribution in [2.45, 2.75) is 25.2 Å². The zero-order chi connectivity index (χ0) is 11.4. The lowest BCUT2D eigenvalue weighted by Crippen LogP contribution is -2.09. The molecule has 2 unspecified atom stereocenters. The molecule has 0 radical (unpaired) electrons. The smallest absolute Gasteiger partial charge is 0.124 e. The number of hydrogen-bond acceptors (Lipinski definition) is 2. The molecule has 2 nitrogen and oxygen atoms in total. The summed E-state index contributed by atoms with van der Waals surface area (Å²) in [5.41, 5.74) is 6.05. The van der Waals surface area contributed by atoms with Gasteiger partial charge in [-0.25, -0.2) is 4.39 Å². The molecular formula is C11H16FNOS. The first-order valence-electron chi connectivity index (χ1n) is 4.98. The third-order valence-electron chi connectivity index (χ3n) is 2.35. The third-order valence-corrected chi connectivity index (χ3v) is 4.07. The number of hydrogen-bond donors (Lipinski definition) is 1. The topological polar surface area (TPSA) is 43.1 Å². The molecule has 0 heterocycles. The Morgan fingerprint density at radius 2 is 2.20 bits per heavy atom. The van der Waals surface area contributed by atoms with E-state index in [2.05, 4.69) is 0 Å². The summed E-state index contributed by atoms with van der Waals surface area (Å²) in [6.07, 6.45) is 0.959. The van der Waals surface area contributed by atoms with Crippen LogP contribution in [0.4, 0.5) is 10.1 Å². The molecule has 4 heteroatoms. The van der Waals surface area contributed by atoms with Crippen molar-refractivity contribution in [1.82, 2.24) is 0 Å². The Labute approximate surface area is 92.1 Å². The Morgan fingerprint density at radius 1 is 1.53 bits per heavy atom. The molecule has 0 aliphatic carbocycles. The van der Waals surface area contributed by atoms with Crippen LogP contribution in [0.5, 0.6) is 0 Å². The summed E-state index contributed by atoms with van der Waals surface area (Å²) in [7, 11) is -1.20. The van der Waals surface area contributed by atoms with Crippen molar-refractivity contribution in [3.63, 3.8) is 0 Å². The Balaban J connectivity index is 2.86. The van der Waals surface area contributed by atoms with Crippen LogP contribution in [0, 0.1) is 11.7 Å². The van der Waals surface area contributed by atoms with E-state index in [9.17, 15) is 8.60 Å². The molecule has 0 aliphatic heterocycles. The second-order valence-electron chi connectivity index (χ2n) is 3.71. The van der Waals surface area contributed by atoms with Gasteiger partial charge in [-0.2, -0.15) is 0 Å². The summed E-state index contributed by atoms with van der Waals surface area (Å²) in [6, 6.07) is 3.99. The van der Waals surface area contributed by atoms with Gasteiger partial charge in [0.2, 0.25) is 0 Å². The molecule has 1 aromatic rings. The summed E-state index contributed by atoms with van der Waals surface area (Å²) in [4.78, 5) is 0.412. The van der Waals surface area contributed by atoms with E-state index in [1.165, 1.54) is 18.2 Å². The summed E-state index contributed by atoms with van der Waals surface area (Å²) in [6.45, 7) is 4.06. The van der Waals surface area contributed by atoms with Crippen LogP contribution in [-0.2, 0) is 10.8 Å². The molecule has 0 spiro atoms. The number of nitrogens with two attached hydrogens (primary N) is 1. The molecule has 1 aromatic carbocycles. The van der Waals surface area contributed by atoms with Gasteiger partial charge in [0.1, 0.15) is 5.82 Å². The molecule has 2 atom stereocenters. The predicted octanol–water partition coefficient (Wildman–Crippen LogP) is 2.56. The van der Waals surface area contributed by atoms with Crippen LogP contribution in [0.1, 0.15) is 20.3 Å². The molecular weight excluding hydrogens is 213 g/mol. The second-order valence-corrected chi connectivity index (χ2v) is 5.17. The Bertz CT molecular complexity index is 368. The summed E-state index contributed by atoms with van der Waals surface area (Å²) < 4.78 is 24.8. The maximum Gasteiger partial charge on any atom is 0.124 e. The molecule has 0 aromatic heterocycles. The highest BCUT2D eigenvalue weighted by Crippen LogP contribution is 2.19. The van der Waals surface area contributed by atoms with Gasteiger partial charge in [0.05, 0.1) is 15.7 Å². The van der Waals surface area contributed by atoms with Gasteiger partial charge in [-0.15, -0.1) is 0 Å². The minimum Gasteiger partial charge on any atom is -0.398 e. The van der Waals surface area contributed by atoms with E-state index in [0.29, 0.717) is 22.3 Å². The van der Waals surface area contributed by atoms with Crippen LogP contribution in [0.3, 0.4) is 0 Å². The standard InChI is InChI=1S/C11H16FNOS/c1-3-8(2)7-15(14)11-6-9(12)4-5-10(11)13/h4-6,8H,3,7,13H2,1-2H3. The number of rotatable bonds is 4. The van der Waals surface area contributed by atoms with Crippen LogP contribution in [0.25, 0.3) is 0 Å². The van der Waals surface area contributed by atoms with Crippen molar-refractivity contribution < 1.29 is 8.60 Å². The Kier molecular flexibility index (Phi) is 4.27. The molecule has 0 fully saturated rings. The molecule has 0 amide bonds. The highest BCUT2D eigenvalue weighted by atomic mass is 32.2. The number of anilines is 1. The Hall–Kier alpha value is -0.900. The molecule has 2 N–H and O–H groups in total. The van der Waals surface area contributed by atoms with Crippen LogP contribution in [-0.4, -0.2) is 9.96 Å². The lowest BCUT2D eigenvalue weighted by molar-refractivity contribution is 0.611. The zero-order valence-electron chi connectivity index (χ0n) is 9.00. The van der Waals surface area contributed by atoms with E-state index in [4.69, 9.17) is 5.73 Å². The fourth-order valence-electron chi connectivity index (χ4n) is 1.17. The van der Waals surface area contributed by atoms with Crippen molar-refractivity contribution in [3.05, 3.63) is 24.0 Å². The molecule has 84 valence electrons. The van der Waals surface area contributed by atoms with Crippen molar-refractivity contribution in [2.75, 3.05) is 11.5 Å². The van der Waals surface area contributed by atoms with E-state index < -0.39 is 16.6 Å². The van der Waals surface area contributed by atoms with Crippen molar-refractivity contribution >= 4 is 16.5 Å². The van der Waals surface area contributed by atoms with E-state index in [1.807, 2.05) is 13.8 Å². The van der Waals surface area contributed by atoms with Gasteiger partial charge < -0.3 is 5.73 Å². The summed E-state index contributed by atoms with van der Waals surface area (Å²) in [5.74, 6) is 0.495. The van der Waals surface area contributed by atoms with Gasteiger partial charge in [0.25, 0.3) is 0 Å². The Morgan fingerprint density at radius 3 is 2.80 bits per heavy atom. The lowest BCUT2D eigenvalue weighted by atomic mass is 10.2. The van der Waals surface area contributed by atoms with E-state index in [0.717, 1.165) is 6.42 Å². The summed E-state index contributed by atoms with van der Waals surface area (Å²) in [5, 5.41) is 0. The van der Waals surface area contributed by atoms with Crippen molar-refractivity contribution in [2.24, 2.45) is 5.92 Å². The number of nitrogen functional groups attached to an aromatic ring is 1. The first kappa shape index (κ1) is 12.2. The highest BCUT2D eigenvalue weighted by molar-refractivity contribution is 7.85. The zero-order valence-corrected chi connectivity index (χ0v) is 9.81. The van der Waals surface area contributed by atoms with Gasteiger partial charge in [-0.3, -0.25) is 4.21 Å². The average Bonchev–Trinajstić information content (AvgIpc) is 2.21. The average molecular weight is 229 g/mol. The van der Waals surface area contributed by atoms with Crippen LogP contribution in [0.2, 0.25) is 0 Å². The number of halogens is 1. The largest absolute Gasteiger partial charge is 0.398 e. The van der Waals surface area contributed by atoms with E-state index in [-0.39, 0.29) is 0 Å². The fourth-order valence-corrected chi connectivity index (χ4v) is 2.68. The predicted molar refractivity (Wildman–Crippen MR) is 61.5 cm³/mol. The molecule has 1 rings (SSSR count). The maximum atomic E-state index is 12.9. The van der Waals surface area contributed by atoms with E-state index >= 15 is 0 Å².